The Labute approximate surface area is 182 Å². The molecule has 0 aliphatic carbocycles. The SMILES string of the molecule is CCCCC(=O)Nc1ccc(N2CCN(c3ccc(C(C)=O)cc3)CC2)cc1C(=O)O. The molecule has 164 valence electrons. The lowest BCUT2D eigenvalue weighted by atomic mass is 10.1. The van der Waals surface area contributed by atoms with Gasteiger partial charge in [-0.15, -0.1) is 0 Å². The van der Waals surface area contributed by atoms with Gasteiger partial charge in [-0.1, -0.05) is 13.3 Å². The first-order valence-electron chi connectivity index (χ1n) is 10.7. The maximum atomic E-state index is 12.0. The highest BCUT2D eigenvalue weighted by atomic mass is 16.4. The third kappa shape index (κ3) is 5.63. The van der Waals surface area contributed by atoms with Crippen LogP contribution in [0.2, 0.25) is 0 Å². The summed E-state index contributed by atoms with van der Waals surface area (Å²) >= 11 is 0. The van der Waals surface area contributed by atoms with E-state index in [2.05, 4.69) is 15.1 Å². The van der Waals surface area contributed by atoms with Gasteiger partial charge in [-0.3, -0.25) is 9.59 Å². The Morgan fingerprint density at radius 3 is 2.06 bits per heavy atom. The maximum absolute atomic E-state index is 12.0. The number of carboxylic acid groups (broad SMARTS) is 1. The number of carbonyl (C=O) groups excluding carboxylic acids is 2. The number of hydrogen-bond acceptors (Lipinski definition) is 5. The van der Waals surface area contributed by atoms with Crippen molar-refractivity contribution in [1.29, 1.82) is 0 Å². The highest BCUT2D eigenvalue weighted by molar-refractivity contribution is 6.01. The van der Waals surface area contributed by atoms with E-state index in [0.717, 1.165) is 50.4 Å². The minimum Gasteiger partial charge on any atom is -0.478 e. The third-order valence-corrected chi connectivity index (χ3v) is 5.55. The van der Waals surface area contributed by atoms with Gasteiger partial charge in [0, 0.05) is 49.5 Å². The van der Waals surface area contributed by atoms with Gasteiger partial charge in [0.15, 0.2) is 5.78 Å². The predicted molar refractivity (Wildman–Crippen MR) is 122 cm³/mol. The largest absolute Gasteiger partial charge is 0.478 e. The number of benzene rings is 2. The van der Waals surface area contributed by atoms with Crippen LogP contribution < -0.4 is 15.1 Å². The number of nitrogens with zero attached hydrogens (tertiary/aromatic N) is 2. The van der Waals surface area contributed by atoms with Crippen molar-refractivity contribution in [3.63, 3.8) is 0 Å². The van der Waals surface area contributed by atoms with E-state index < -0.39 is 5.97 Å². The van der Waals surface area contributed by atoms with E-state index in [4.69, 9.17) is 0 Å². The topological polar surface area (TPSA) is 90.0 Å². The van der Waals surface area contributed by atoms with Gasteiger partial charge in [-0.2, -0.15) is 0 Å². The van der Waals surface area contributed by atoms with Crippen LogP contribution >= 0.6 is 0 Å². The van der Waals surface area contributed by atoms with Crippen molar-refractivity contribution in [3.8, 4) is 0 Å². The van der Waals surface area contributed by atoms with Crippen molar-refractivity contribution in [2.75, 3.05) is 41.3 Å². The van der Waals surface area contributed by atoms with Crippen LogP contribution in [0.15, 0.2) is 42.5 Å². The third-order valence-electron chi connectivity index (χ3n) is 5.55. The van der Waals surface area contributed by atoms with Gasteiger partial charge >= 0.3 is 5.97 Å². The van der Waals surface area contributed by atoms with Crippen LogP contribution in [0.4, 0.5) is 17.1 Å². The normalized spacial score (nSPS) is 13.7. The molecule has 1 aliphatic rings. The molecule has 1 saturated heterocycles. The molecule has 1 aliphatic heterocycles. The summed E-state index contributed by atoms with van der Waals surface area (Å²) in [5.41, 5.74) is 3.04. The average molecular weight is 424 g/mol. The Morgan fingerprint density at radius 1 is 0.935 bits per heavy atom. The summed E-state index contributed by atoms with van der Waals surface area (Å²) < 4.78 is 0. The van der Waals surface area contributed by atoms with Crippen molar-refractivity contribution in [3.05, 3.63) is 53.6 Å². The molecule has 2 N–H and O–H groups in total. The molecule has 2 aromatic rings. The highest BCUT2D eigenvalue weighted by Gasteiger charge is 2.20. The Morgan fingerprint density at radius 2 is 1.52 bits per heavy atom. The van der Waals surface area contributed by atoms with E-state index in [1.165, 1.54) is 0 Å². The van der Waals surface area contributed by atoms with E-state index in [0.29, 0.717) is 17.7 Å². The second-order valence-electron chi connectivity index (χ2n) is 7.76. The zero-order valence-corrected chi connectivity index (χ0v) is 18.1. The highest BCUT2D eigenvalue weighted by Crippen LogP contribution is 2.26. The Balaban J connectivity index is 1.67. The molecule has 7 nitrogen and oxygen atoms in total. The number of anilines is 3. The molecule has 0 bridgehead atoms. The number of Topliss-reactive ketones (excluding diaryl/α,β-unsaturated/α-hetero) is 1. The number of rotatable bonds is 8. The van der Waals surface area contributed by atoms with Crippen LogP contribution in [-0.2, 0) is 4.79 Å². The molecule has 7 heteroatoms. The van der Waals surface area contributed by atoms with Crippen molar-refractivity contribution < 1.29 is 19.5 Å². The minimum absolute atomic E-state index is 0.0515. The molecule has 0 spiro atoms. The Bertz CT molecular complexity index is 948. The molecule has 0 saturated carbocycles. The number of unbranched alkanes of at least 4 members (excludes halogenated alkanes) is 1. The number of carbonyl (C=O) groups is 3. The molecule has 31 heavy (non-hydrogen) atoms. The van der Waals surface area contributed by atoms with Gasteiger partial charge in [-0.05, 0) is 55.8 Å². The molecule has 1 heterocycles. The standard InChI is InChI=1S/C24H29N3O4/c1-3-4-5-23(29)25-22-11-10-20(16-21(22)24(30)31)27-14-12-26(13-15-27)19-8-6-18(7-9-19)17(2)28/h6-11,16H,3-5,12-15H2,1-2H3,(H,25,29)(H,30,31). The van der Waals surface area contributed by atoms with E-state index in [9.17, 15) is 19.5 Å². The smallest absolute Gasteiger partial charge is 0.337 e. The molecule has 0 radical (unpaired) electrons. The fourth-order valence-electron chi connectivity index (χ4n) is 3.69. The molecule has 2 aromatic carbocycles. The number of piperazine rings is 1. The molecular weight excluding hydrogens is 394 g/mol. The summed E-state index contributed by atoms with van der Waals surface area (Å²) in [6.45, 7) is 6.63. The molecule has 1 fully saturated rings. The first kappa shape index (κ1) is 22.3. The van der Waals surface area contributed by atoms with Crippen LogP contribution in [0.3, 0.4) is 0 Å². The van der Waals surface area contributed by atoms with Crippen molar-refractivity contribution in [2.24, 2.45) is 0 Å². The van der Waals surface area contributed by atoms with Crippen LogP contribution in [0.5, 0.6) is 0 Å². The summed E-state index contributed by atoms with van der Waals surface area (Å²) in [6, 6.07) is 12.8. The molecule has 0 aromatic heterocycles. The van der Waals surface area contributed by atoms with Gasteiger partial charge in [0.05, 0.1) is 11.3 Å². The zero-order chi connectivity index (χ0) is 22.4. The number of aromatic carboxylic acids is 1. The second-order valence-corrected chi connectivity index (χ2v) is 7.76. The summed E-state index contributed by atoms with van der Waals surface area (Å²) in [5.74, 6) is -1.17. The van der Waals surface area contributed by atoms with Gasteiger partial charge in [0.1, 0.15) is 0 Å². The Kier molecular flexibility index (Phi) is 7.28. The average Bonchev–Trinajstić information content (AvgIpc) is 2.78. The van der Waals surface area contributed by atoms with Crippen molar-refractivity contribution in [1.82, 2.24) is 0 Å². The minimum atomic E-state index is -1.06. The number of nitrogens with one attached hydrogen (secondary N) is 1. The summed E-state index contributed by atoms with van der Waals surface area (Å²) in [6.07, 6.45) is 2.06. The predicted octanol–water partition coefficient (Wildman–Crippen LogP) is 4.04. The fourth-order valence-corrected chi connectivity index (χ4v) is 3.69. The maximum Gasteiger partial charge on any atom is 0.337 e. The van der Waals surface area contributed by atoms with E-state index >= 15 is 0 Å². The lowest BCUT2D eigenvalue weighted by Crippen LogP contribution is -2.46. The van der Waals surface area contributed by atoms with Gasteiger partial charge in [-0.25, -0.2) is 4.79 Å². The number of amides is 1. The monoisotopic (exact) mass is 423 g/mol. The van der Waals surface area contributed by atoms with E-state index in [-0.39, 0.29) is 17.3 Å². The lowest BCUT2D eigenvalue weighted by molar-refractivity contribution is -0.116. The fraction of sp³-hybridized carbons (Fsp3) is 0.375. The lowest BCUT2D eigenvalue weighted by Gasteiger charge is -2.37. The van der Waals surface area contributed by atoms with E-state index in [1.807, 2.05) is 37.3 Å². The molecular formula is C24H29N3O4. The molecule has 0 unspecified atom stereocenters. The van der Waals surface area contributed by atoms with Crippen molar-refractivity contribution >= 4 is 34.7 Å². The van der Waals surface area contributed by atoms with Crippen molar-refractivity contribution in [2.45, 2.75) is 33.1 Å². The number of hydrogen-bond donors (Lipinski definition) is 2. The van der Waals surface area contributed by atoms with Crippen LogP contribution in [0.1, 0.15) is 53.8 Å². The summed E-state index contributed by atoms with van der Waals surface area (Å²) in [7, 11) is 0. The number of ketones is 1. The first-order chi connectivity index (χ1) is 14.9. The van der Waals surface area contributed by atoms with Crippen LogP contribution in [0, 0.1) is 0 Å². The molecule has 1 amide bonds. The molecule has 3 rings (SSSR count). The van der Waals surface area contributed by atoms with Crippen LogP contribution in [-0.4, -0.2) is 48.9 Å². The van der Waals surface area contributed by atoms with Crippen LogP contribution in [0.25, 0.3) is 0 Å². The van der Waals surface area contributed by atoms with E-state index in [1.54, 1.807) is 19.1 Å². The Hall–Kier alpha value is -3.35. The zero-order valence-electron chi connectivity index (χ0n) is 18.1. The summed E-state index contributed by atoms with van der Waals surface area (Å²) in [4.78, 5) is 39.6. The first-order valence-corrected chi connectivity index (χ1v) is 10.7. The quantitative estimate of drug-likeness (QED) is 0.623. The second kappa shape index (κ2) is 10.1. The molecule has 0 atom stereocenters. The van der Waals surface area contributed by atoms with Gasteiger partial charge in [0.25, 0.3) is 0 Å². The summed E-state index contributed by atoms with van der Waals surface area (Å²) in [5, 5.41) is 12.4. The van der Waals surface area contributed by atoms with Gasteiger partial charge in [0.2, 0.25) is 5.91 Å². The van der Waals surface area contributed by atoms with Gasteiger partial charge < -0.3 is 20.2 Å². The number of carboxylic acids is 1.